The maximum atomic E-state index is 10.8. The van der Waals surface area contributed by atoms with Crippen LogP contribution in [0.15, 0.2) is 0 Å². The van der Waals surface area contributed by atoms with Crippen LogP contribution in [0.2, 0.25) is 0 Å². The van der Waals surface area contributed by atoms with Crippen molar-refractivity contribution in [1.29, 1.82) is 0 Å². The average molecular weight is 238 g/mol. The van der Waals surface area contributed by atoms with Gasteiger partial charge in [-0.25, -0.2) is 0 Å². The summed E-state index contributed by atoms with van der Waals surface area (Å²) in [6.45, 7) is 1.39. The number of ether oxygens (including phenoxy) is 2. The third-order valence-corrected chi connectivity index (χ3v) is 3.70. The zero-order chi connectivity index (χ0) is 12.3. The molecule has 2 radical (unpaired) electrons. The molecule has 2 rings (SSSR count). The summed E-state index contributed by atoms with van der Waals surface area (Å²) in [5.41, 5.74) is 0. The van der Waals surface area contributed by atoms with Gasteiger partial charge < -0.3 is 14.1 Å². The lowest BCUT2D eigenvalue weighted by atomic mass is 9.94. The Morgan fingerprint density at radius 2 is 2.00 bits per heavy atom. The van der Waals surface area contributed by atoms with Gasteiger partial charge in [0.1, 0.15) is 0 Å². The molecule has 1 saturated heterocycles. The summed E-state index contributed by atoms with van der Waals surface area (Å²) in [7, 11) is 5.39. The Morgan fingerprint density at radius 1 is 1.29 bits per heavy atom. The summed E-state index contributed by atoms with van der Waals surface area (Å²) in [5, 5.41) is 0. The fourth-order valence-electron chi connectivity index (χ4n) is 2.93. The molecule has 0 N–H and O–H groups in total. The molecule has 0 aromatic rings. The van der Waals surface area contributed by atoms with Crippen LogP contribution < -0.4 is 0 Å². The quantitative estimate of drug-likeness (QED) is 0.552. The van der Waals surface area contributed by atoms with Gasteiger partial charge in [0.15, 0.2) is 0 Å². The first-order chi connectivity index (χ1) is 8.20. The highest BCUT2D eigenvalue weighted by atomic mass is 16.7. The number of hydrogen-bond acceptors (Lipinski definition) is 4. The number of carbonyl (C=O) groups excluding carboxylic acids is 1. The highest BCUT2D eigenvalue weighted by Gasteiger charge is 2.37. The minimum atomic E-state index is -0.420. The van der Waals surface area contributed by atoms with E-state index in [1.807, 2.05) is 0 Å². The SMILES string of the molecule is [B]OC(C1CCCC1)C1CCC(OC(C)=O)O1. The number of hydrogen-bond donors (Lipinski definition) is 0. The molecule has 0 bridgehead atoms. The Labute approximate surface area is 103 Å². The molecule has 0 aromatic carbocycles. The van der Waals surface area contributed by atoms with Crippen molar-refractivity contribution in [2.45, 2.75) is 63.9 Å². The molecule has 1 heterocycles. The summed E-state index contributed by atoms with van der Waals surface area (Å²) in [6, 6.07) is 0. The van der Waals surface area contributed by atoms with Gasteiger partial charge in [-0.2, -0.15) is 0 Å². The lowest BCUT2D eigenvalue weighted by molar-refractivity contribution is -0.179. The van der Waals surface area contributed by atoms with Gasteiger partial charge in [-0.15, -0.1) is 0 Å². The van der Waals surface area contributed by atoms with Crippen LogP contribution in [-0.4, -0.2) is 32.5 Å². The van der Waals surface area contributed by atoms with Crippen LogP contribution in [-0.2, 0) is 18.9 Å². The molecule has 1 aliphatic carbocycles. The van der Waals surface area contributed by atoms with Crippen LogP contribution in [0.3, 0.4) is 0 Å². The second kappa shape index (κ2) is 5.87. The normalized spacial score (nSPS) is 31.6. The first-order valence-electron chi connectivity index (χ1n) is 6.39. The van der Waals surface area contributed by atoms with E-state index < -0.39 is 6.29 Å². The van der Waals surface area contributed by atoms with Crippen LogP contribution >= 0.6 is 0 Å². The van der Waals surface area contributed by atoms with Gasteiger partial charge in [-0.3, -0.25) is 4.79 Å². The van der Waals surface area contributed by atoms with Gasteiger partial charge in [0.25, 0.3) is 8.05 Å². The number of esters is 1. The molecule has 0 amide bonds. The van der Waals surface area contributed by atoms with Gasteiger partial charge in [0, 0.05) is 13.3 Å². The van der Waals surface area contributed by atoms with Crippen molar-refractivity contribution in [3.05, 3.63) is 0 Å². The lowest BCUT2D eigenvalue weighted by Crippen LogP contribution is -2.35. The third kappa shape index (κ3) is 3.22. The van der Waals surface area contributed by atoms with E-state index >= 15 is 0 Å². The van der Waals surface area contributed by atoms with Crippen molar-refractivity contribution in [2.75, 3.05) is 0 Å². The van der Waals surface area contributed by atoms with Crippen molar-refractivity contribution >= 4 is 14.0 Å². The minimum Gasteiger partial charge on any atom is -0.442 e. The van der Waals surface area contributed by atoms with Crippen LogP contribution in [0.1, 0.15) is 45.4 Å². The summed E-state index contributed by atoms with van der Waals surface area (Å²) < 4.78 is 15.8. The Balaban J connectivity index is 1.86. The largest absolute Gasteiger partial charge is 0.442 e. The fraction of sp³-hybridized carbons (Fsp3) is 0.917. The molecule has 5 heteroatoms. The van der Waals surface area contributed by atoms with Crippen LogP contribution in [0.5, 0.6) is 0 Å². The van der Waals surface area contributed by atoms with Gasteiger partial charge in [-0.05, 0) is 25.2 Å². The topological polar surface area (TPSA) is 44.8 Å². The predicted octanol–water partition coefficient (Wildman–Crippen LogP) is 1.71. The maximum absolute atomic E-state index is 10.8. The van der Waals surface area contributed by atoms with Gasteiger partial charge >= 0.3 is 5.97 Å². The van der Waals surface area contributed by atoms with Crippen molar-refractivity contribution in [2.24, 2.45) is 5.92 Å². The molecule has 2 fully saturated rings. The van der Waals surface area contributed by atoms with E-state index in [4.69, 9.17) is 22.2 Å². The van der Waals surface area contributed by atoms with Gasteiger partial charge in [-0.1, -0.05) is 12.8 Å². The molecule has 3 atom stereocenters. The van der Waals surface area contributed by atoms with Gasteiger partial charge in [0.05, 0.1) is 12.2 Å². The van der Waals surface area contributed by atoms with Crippen LogP contribution in [0.25, 0.3) is 0 Å². The maximum Gasteiger partial charge on any atom is 0.304 e. The predicted molar refractivity (Wildman–Crippen MR) is 62.2 cm³/mol. The van der Waals surface area contributed by atoms with Crippen LogP contribution in [0.4, 0.5) is 0 Å². The molecule has 0 aromatic heterocycles. The zero-order valence-electron chi connectivity index (χ0n) is 10.3. The average Bonchev–Trinajstić information content (AvgIpc) is 2.90. The molecule has 17 heavy (non-hydrogen) atoms. The fourth-order valence-corrected chi connectivity index (χ4v) is 2.93. The van der Waals surface area contributed by atoms with E-state index in [0.29, 0.717) is 5.92 Å². The molecule has 94 valence electrons. The van der Waals surface area contributed by atoms with E-state index in [2.05, 4.69) is 0 Å². The summed E-state index contributed by atoms with van der Waals surface area (Å²) in [5.74, 6) is 0.183. The highest BCUT2D eigenvalue weighted by Crippen LogP contribution is 2.35. The molecular weight excluding hydrogens is 219 g/mol. The lowest BCUT2D eigenvalue weighted by Gasteiger charge is -2.28. The Bertz CT molecular complexity index is 265. The minimum absolute atomic E-state index is 0.0348. The van der Waals surface area contributed by atoms with E-state index in [1.165, 1.54) is 19.8 Å². The molecule has 1 aliphatic heterocycles. The van der Waals surface area contributed by atoms with Crippen molar-refractivity contribution in [1.82, 2.24) is 0 Å². The van der Waals surface area contributed by atoms with E-state index in [9.17, 15) is 4.79 Å². The first-order valence-corrected chi connectivity index (χ1v) is 6.39. The second-order valence-electron chi connectivity index (χ2n) is 4.94. The summed E-state index contributed by atoms with van der Waals surface area (Å²) in [4.78, 5) is 10.8. The molecule has 1 saturated carbocycles. The highest BCUT2D eigenvalue weighted by molar-refractivity contribution is 5.98. The number of rotatable bonds is 4. The molecule has 2 aliphatic rings. The summed E-state index contributed by atoms with van der Waals surface area (Å²) >= 11 is 0. The Morgan fingerprint density at radius 3 is 2.59 bits per heavy atom. The van der Waals surface area contributed by atoms with Gasteiger partial charge in [0.2, 0.25) is 6.29 Å². The van der Waals surface area contributed by atoms with E-state index in [0.717, 1.165) is 25.7 Å². The van der Waals surface area contributed by atoms with Crippen molar-refractivity contribution in [3.63, 3.8) is 0 Å². The van der Waals surface area contributed by atoms with Crippen molar-refractivity contribution in [3.8, 4) is 0 Å². The first kappa shape index (κ1) is 12.9. The second-order valence-corrected chi connectivity index (χ2v) is 4.94. The molecule has 3 unspecified atom stereocenters. The monoisotopic (exact) mass is 238 g/mol. The molecule has 4 nitrogen and oxygen atoms in total. The van der Waals surface area contributed by atoms with E-state index in [1.54, 1.807) is 0 Å². The molecule has 0 spiro atoms. The summed E-state index contributed by atoms with van der Waals surface area (Å²) in [6.07, 6.45) is 5.85. The molecular formula is C12H19BO4. The third-order valence-electron chi connectivity index (χ3n) is 3.70. The van der Waals surface area contributed by atoms with E-state index in [-0.39, 0.29) is 18.2 Å². The zero-order valence-corrected chi connectivity index (χ0v) is 10.3. The Hall–Kier alpha value is -0.545. The standard InChI is InChI=1S/C12H19BO4/c1-8(14)15-11-7-6-10(16-11)12(17-13)9-4-2-3-5-9/h9-12H,2-7H2,1H3. The Kier molecular flexibility index (Phi) is 4.45. The number of carbonyl (C=O) groups is 1. The van der Waals surface area contributed by atoms with Crippen molar-refractivity contribution < 1.29 is 18.9 Å². The smallest absolute Gasteiger partial charge is 0.304 e. The van der Waals surface area contributed by atoms with Crippen LogP contribution in [0, 0.1) is 5.92 Å².